The second-order valence-electron chi connectivity index (χ2n) is 2.60. The summed E-state index contributed by atoms with van der Waals surface area (Å²) >= 11 is 0. The van der Waals surface area contributed by atoms with Gasteiger partial charge in [-0.2, -0.15) is 5.26 Å². The van der Waals surface area contributed by atoms with Gasteiger partial charge in [0.05, 0.1) is 12.0 Å². The van der Waals surface area contributed by atoms with E-state index in [1.54, 1.807) is 0 Å². The maximum Gasteiger partial charge on any atom is 0.0697 e. The highest BCUT2D eigenvalue weighted by Crippen LogP contribution is 2.07. The van der Waals surface area contributed by atoms with Crippen LogP contribution in [0.25, 0.3) is 0 Å². The van der Waals surface area contributed by atoms with Gasteiger partial charge in [0.15, 0.2) is 0 Å². The Hall–Kier alpha value is -1.03. The summed E-state index contributed by atoms with van der Waals surface area (Å²) in [5.74, 6) is 0.0384. The third kappa shape index (κ3) is 4.38. The predicted octanol–water partition coefficient (Wildman–Crippen LogP) is 3.06. The number of allylic oxidation sites excluding steroid dienone is 4. The maximum atomic E-state index is 8.55. The Bertz CT molecular complexity index is 193. The van der Waals surface area contributed by atoms with Crippen LogP contribution < -0.4 is 0 Å². The van der Waals surface area contributed by atoms with Crippen molar-refractivity contribution >= 4 is 0 Å². The van der Waals surface area contributed by atoms with Crippen LogP contribution in [0.5, 0.6) is 0 Å². The molecule has 0 aliphatic rings. The number of hydrogen-bond donors (Lipinski definition) is 0. The lowest BCUT2D eigenvalue weighted by atomic mass is 10.0. The number of nitriles is 1. The molecule has 60 valence electrons. The van der Waals surface area contributed by atoms with E-state index < -0.39 is 0 Å². The normalized spacial score (nSPS) is 14.9. The van der Waals surface area contributed by atoms with Gasteiger partial charge in [-0.25, -0.2) is 0 Å². The quantitative estimate of drug-likeness (QED) is 0.566. The second-order valence-corrected chi connectivity index (χ2v) is 2.60. The van der Waals surface area contributed by atoms with Crippen LogP contribution >= 0.6 is 0 Å². The van der Waals surface area contributed by atoms with Gasteiger partial charge in [-0.15, -0.1) is 0 Å². The van der Waals surface area contributed by atoms with Crippen molar-refractivity contribution in [2.75, 3.05) is 0 Å². The summed E-state index contributed by atoms with van der Waals surface area (Å²) in [5, 5.41) is 8.55. The average molecular weight is 149 g/mol. The van der Waals surface area contributed by atoms with E-state index in [4.69, 9.17) is 5.26 Å². The lowest BCUT2D eigenvalue weighted by Gasteiger charge is -1.98. The van der Waals surface area contributed by atoms with Crippen molar-refractivity contribution in [3.05, 3.63) is 23.8 Å². The molecule has 0 aromatic carbocycles. The summed E-state index contributed by atoms with van der Waals surface area (Å²) in [7, 11) is 0. The third-order valence-electron chi connectivity index (χ3n) is 1.61. The van der Waals surface area contributed by atoms with E-state index in [1.807, 2.05) is 26.0 Å². The first-order valence-corrected chi connectivity index (χ1v) is 3.95. The van der Waals surface area contributed by atoms with Crippen LogP contribution in [-0.4, -0.2) is 0 Å². The SMILES string of the molecule is CC/C=C\C=C(/C)C(C)C#N. The Labute approximate surface area is 69.0 Å². The van der Waals surface area contributed by atoms with Crippen LogP contribution in [0.15, 0.2) is 23.8 Å². The Morgan fingerprint density at radius 1 is 1.64 bits per heavy atom. The van der Waals surface area contributed by atoms with Crippen LogP contribution in [0.3, 0.4) is 0 Å². The molecule has 11 heavy (non-hydrogen) atoms. The summed E-state index contributed by atoms with van der Waals surface area (Å²) in [6.45, 7) is 5.98. The summed E-state index contributed by atoms with van der Waals surface area (Å²) in [6, 6.07) is 2.19. The topological polar surface area (TPSA) is 23.8 Å². The van der Waals surface area contributed by atoms with Gasteiger partial charge in [0.25, 0.3) is 0 Å². The molecule has 0 aliphatic heterocycles. The fourth-order valence-electron chi connectivity index (χ4n) is 0.602. The first kappa shape index (κ1) is 9.97. The first-order chi connectivity index (χ1) is 5.22. The van der Waals surface area contributed by atoms with Crippen molar-refractivity contribution in [1.29, 1.82) is 5.26 Å². The zero-order valence-electron chi connectivity index (χ0n) is 7.46. The van der Waals surface area contributed by atoms with Crippen molar-refractivity contribution in [3.63, 3.8) is 0 Å². The highest BCUT2D eigenvalue weighted by Gasteiger charge is 1.98. The Morgan fingerprint density at radius 2 is 2.27 bits per heavy atom. The van der Waals surface area contributed by atoms with Crippen molar-refractivity contribution in [3.8, 4) is 6.07 Å². The molecule has 0 N–H and O–H groups in total. The molecule has 0 saturated carbocycles. The van der Waals surface area contributed by atoms with Gasteiger partial charge in [0.1, 0.15) is 0 Å². The van der Waals surface area contributed by atoms with Gasteiger partial charge in [-0.3, -0.25) is 0 Å². The van der Waals surface area contributed by atoms with Gasteiger partial charge in [0.2, 0.25) is 0 Å². The molecule has 1 heteroatoms. The fraction of sp³-hybridized carbons (Fsp3) is 0.500. The molecule has 1 nitrogen and oxygen atoms in total. The van der Waals surface area contributed by atoms with Crippen molar-refractivity contribution in [1.82, 2.24) is 0 Å². The monoisotopic (exact) mass is 149 g/mol. The molecule has 0 amide bonds. The number of hydrogen-bond acceptors (Lipinski definition) is 1. The van der Waals surface area contributed by atoms with Gasteiger partial charge in [0, 0.05) is 0 Å². The molecule has 0 bridgehead atoms. The van der Waals surface area contributed by atoms with E-state index in [0.29, 0.717) is 0 Å². The minimum Gasteiger partial charge on any atom is -0.198 e. The van der Waals surface area contributed by atoms with E-state index in [1.165, 1.54) is 0 Å². The largest absolute Gasteiger partial charge is 0.198 e. The highest BCUT2D eigenvalue weighted by molar-refractivity contribution is 5.16. The zero-order chi connectivity index (χ0) is 8.69. The van der Waals surface area contributed by atoms with Crippen LogP contribution in [0, 0.1) is 17.2 Å². The molecule has 0 saturated heterocycles. The minimum absolute atomic E-state index is 0.0384. The van der Waals surface area contributed by atoms with Gasteiger partial charge < -0.3 is 0 Å². The third-order valence-corrected chi connectivity index (χ3v) is 1.61. The number of rotatable bonds is 3. The van der Waals surface area contributed by atoms with Gasteiger partial charge in [-0.1, -0.05) is 30.7 Å². The smallest absolute Gasteiger partial charge is 0.0697 e. The molecule has 0 spiro atoms. The standard InChI is InChI=1S/C10H15N/c1-4-5-6-7-9(2)10(3)8-11/h5-7,10H,4H2,1-3H3/b6-5-,9-7+. The van der Waals surface area contributed by atoms with Crippen LogP contribution in [0.2, 0.25) is 0 Å². The zero-order valence-corrected chi connectivity index (χ0v) is 7.46. The summed E-state index contributed by atoms with van der Waals surface area (Å²) in [5.41, 5.74) is 1.12. The Kier molecular flexibility index (Phi) is 5.20. The molecular weight excluding hydrogens is 134 g/mol. The molecule has 0 radical (unpaired) electrons. The molecule has 0 rings (SSSR count). The van der Waals surface area contributed by atoms with Crippen LogP contribution in [-0.2, 0) is 0 Å². The molecule has 1 atom stereocenters. The maximum absolute atomic E-state index is 8.55. The highest BCUT2D eigenvalue weighted by atomic mass is 14.3. The van der Waals surface area contributed by atoms with E-state index in [2.05, 4.69) is 19.1 Å². The second kappa shape index (κ2) is 5.73. The molecule has 1 unspecified atom stereocenters. The lowest BCUT2D eigenvalue weighted by Crippen LogP contribution is -1.89. The van der Waals surface area contributed by atoms with E-state index in [9.17, 15) is 0 Å². The summed E-state index contributed by atoms with van der Waals surface area (Å²) in [6.07, 6.45) is 7.12. The van der Waals surface area contributed by atoms with E-state index in [0.717, 1.165) is 12.0 Å². The minimum atomic E-state index is 0.0384. The lowest BCUT2D eigenvalue weighted by molar-refractivity contribution is 0.879. The fourth-order valence-corrected chi connectivity index (χ4v) is 0.602. The Balaban J connectivity index is 4.02. The van der Waals surface area contributed by atoms with Gasteiger partial charge >= 0.3 is 0 Å². The molecule has 0 aliphatic carbocycles. The van der Waals surface area contributed by atoms with Crippen molar-refractivity contribution < 1.29 is 0 Å². The van der Waals surface area contributed by atoms with Crippen LogP contribution in [0.1, 0.15) is 27.2 Å². The van der Waals surface area contributed by atoms with Gasteiger partial charge in [-0.05, 0) is 20.3 Å². The molecule has 0 aromatic rings. The summed E-state index contributed by atoms with van der Waals surface area (Å²) in [4.78, 5) is 0. The van der Waals surface area contributed by atoms with Crippen LogP contribution in [0.4, 0.5) is 0 Å². The number of nitrogens with zero attached hydrogens (tertiary/aromatic N) is 1. The summed E-state index contributed by atoms with van der Waals surface area (Å²) < 4.78 is 0. The molecule has 0 heterocycles. The van der Waals surface area contributed by atoms with Crippen molar-refractivity contribution in [2.45, 2.75) is 27.2 Å². The molecular formula is C10H15N. The van der Waals surface area contributed by atoms with E-state index in [-0.39, 0.29) is 5.92 Å². The van der Waals surface area contributed by atoms with E-state index >= 15 is 0 Å². The Morgan fingerprint density at radius 3 is 2.73 bits per heavy atom. The average Bonchev–Trinajstić information content (AvgIpc) is 2.03. The molecule has 0 aromatic heterocycles. The first-order valence-electron chi connectivity index (χ1n) is 3.95. The van der Waals surface area contributed by atoms with Crippen molar-refractivity contribution in [2.24, 2.45) is 5.92 Å². The molecule has 0 fully saturated rings. The predicted molar refractivity (Wildman–Crippen MR) is 48.0 cm³/mol.